The molecule has 1 saturated carbocycles. The van der Waals surface area contributed by atoms with E-state index in [2.05, 4.69) is 22.5 Å². The van der Waals surface area contributed by atoms with Crippen molar-refractivity contribution in [2.45, 2.75) is 52.6 Å². The van der Waals surface area contributed by atoms with E-state index in [1.54, 1.807) is 0 Å². The van der Waals surface area contributed by atoms with Crippen LogP contribution in [0.25, 0.3) is 0 Å². The summed E-state index contributed by atoms with van der Waals surface area (Å²) < 4.78 is 1.94. The first-order valence-electron chi connectivity index (χ1n) is 8.98. The van der Waals surface area contributed by atoms with Crippen molar-refractivity contribution in [1.29, 1.82) is 0 Å². The monoisotopic (exact) mass is 355 g/mol. The van der Waals surface area contributed by atoms with Crippen LogP contribution >= 0.6 is 0 Å². The summed E-state index contributed by atoms with van der Waals surface area (Å²) in [7, 11) is 0. The van der Waals surface area contributed by atoms with Crippen LogP contribution in [0.15, 0.2) is 30.3 Å². The van der Waals surface area contributed by atoms with Gasteiger partial charge in [0.05, 0.1) is 17.7 Å². The molecule has 1 amide bonds. The van der Waals surface area contributed by atoms with Crippen molar-refractivity contribution in [3.8, 4) is 0 Å². The van der Waals surface area contributed by atoms with Gasteiger partial charge < -0.3 is 10.4 Å². The van der Waals surface area contributed by atoms with Crippen molar-refractivity contribution >= 4 is 11.9 Å². The predicted molar refractivity (Wildman–Crippen MR) is 97.6 cm³/mol. The molecule has 2 aromatic rings. The quantitative estimate of drug-likeness (QED) is 0.800. The van der Waals surface area contributed by atoms with Crippen molar-refractivity contribution < 1.29 is 14.7 Å². The number of carbonyl (C=O) groups is 2. The standard InChI is InChI=1S/C20H25N3O3/c1-14-17(12-21-18(24)11-20(19(25)26)9-6-10-20)15(2)23(22-14)13-16-7-4-3-5-8-16/h3-5,7-8H,6,9-13H2,1-2H3,(H,21,24)(H,25,26). The predicted octanol–water partition coefficient (Wildman–Crippen LogP) is 2.81. The van der Waals surface area contributed by atoms with E-state index in [0.717, 1.165) is 23.4 Å². The number of aliphatic carboxylic acids is 1. The number of carboxylic acid groups (broad SMARTS) is 1. The zero-order valence-electron chi connectivity index (χ0n) is 15.3. The maximum absolute atomic E-state index is 12.2. The highest BCUT2D eigenvalue weighted by molar-refractivity contribution is 5.85. The number of hydrogen-bond acceptors (Lipinski definition) is 3. The molecule has 138 valence electrons. The Hall–Kier alpha value is -2.63. The van der Waals surface area contributed by atoms with Gasteiger partial charge in [-0.05, 0) is 32.3 Å². The number of carbonyl (C=O) groups excluding carboxylic acids is 1. The van der Waals surface area contributed by atoms with E-state index in [9.17, 15) is 14.7 Å². The smallest absolute Gasteiger partial charge is 0.310 e. The molecule has 0 aliphatic heterocycles. The van der Waals surface area contributed by atoms with Crippen molar-refractivity contribution in [1.82, 2.24) is 15.1 Å². The summed E-state index contributed by atoms with van der Waals surface area (Å²) in [5.41, 5.74) is 3.21. The zero-order chi connectivity index (χ0) is 18.7. The highest BCUT2D eigenvalue weighted by atomic mass is 16.4. The third-order valence-corrected chi connectivity index (χ3v) is 5.43. The molecule has 1 fully saturated rings. The summed E-state index contributed by atoms with van der Waals surface area (Å²) in [6.45, 7) is 4.99. The molecule has 0 radical (unpaired) electrons. The molecule has 6 heteroatoms. The first-order chi connectivity index (χ1) is 12.4. The maximum Gasteiger partial charge on any atom is 0.310 e. The molecular weight excluding hydrogens is 330 g/mol. The number of nitrogens with one attached hydrogen (secondary N) is 1. The van der Waals surface area contributed by atoms with E-state index < -0.39 is 11.4 Å². The molecule has 0 spiro atoms. The van der Waals surface area contributed by atoms with Crippen LogP contribution in [-0.4, -0.2) is 26.8 Å². The summed E-state index contributed by atoms with van der Waals surface area (Å²) in [6, 6.07) is 10.1. The topological polar surface area (TPSA) is 84.2 Å². The lowest BCUT2D eigenvalue weighted by atomic mass is 9.66. The number of aryl methyl sites for hydroxylation is 1. The van der Waals surface area contributed by atoms with Crippen molar-refractivity contribution in [3.63, 3.8) is 0 Å². The molecule has 6 nitrogen and oxygen atoms in total. The van der Waals surface area contributed by atoms with Gasteiger partial charge in [0.1, 0.15) is 0 Å². The summed E-state index contributed by atoms with van der Waals surface area (Å²) in [5, 5.41) is 16.8. The Labute approximate surface area is 153 Å². The third kappa shape index (κ3) is 3.64. The lowest BCUT2D eigenvalue weighted by molar-refractivity contribution is -0.157. The van der Waals surface area contributed by atoms with Crippen LogP contribution in [0.5, 0.6) is 0 Å². The molecule has 26 heavy (non-hydrogen) atoms. The highest BCUT2D eigenvalue weighted by Gasteiger charge is 2.45. The minimum absolute atomic E-state index is 0.0541. The van der Waals surface area contributed by atoms with Crippen LogP contribution in [0.2, 0.25) is 0 Å². The third-order valence-electron chi connectivity index (χ3n) is 5.43. The van der Waals surface area contributed by atoms with Crippen LogP contribution < -0.4 is 5.32 Å². The van der Waals surface area contributed by atoms with Crippen molar-refractivity contribution in [2.75, 3.05) is 0 Å². The van der Waals surface area contributed by atoms with Gasteiger partial charge in [0.25, 0.3) is 0 Å². The highest BCUT2D eigenvalue weighted by Crippen LogP contribution is 2.44. The molecule has 0 saturated heterocycles. The average Bonchev–Trinajstić information content (AvgIpc) is 2.83. The van der Waals surface area contributed by atoms with Gasteiger partial charge >= 0.3 is 5.97 Å². The first-order valence-corrected chi connectivity index (χ1v) is 8.98. The lowest BCUT2D eigenvalue weighted by Gasteiger charge is -2.36. The zero-order valence-corrected chi connectivity index (χ0v) is 15.3. The molecule has 1 aliphatic carbocycles. The number of carboxylic acids is 1. The molecule has 2 N–H and O–H groups in total. The Bertz CT molecular complexity index is 807. The number of benzene rings is 1. The van der Waals surface area contributed by atoms with E-state index in [1.807, 2.05) is 36.7 Å². The van der Waals surface area contributed by atoms with Crippen LogP contribution in [0.1, 0.15) is 48.2 Å². The van der Waals surface area contributed by atoms with Crippen LogP contribution in [0.4, 0.5) is 0 Å². The van der Waals surface area contributed by atoms with E-state index in [4.69, 9.17) is 0 Å². The fraction of sp³-hybridized carbons (Fsp3) is 0.450. The second-order valence-corrected chi connectivity index (χ2v) is 7.19. The molecule has 1 aliphatic rings. The van der Waals surface area contributed by atoms with Crippen molar-refractivity contribution in [2.24, 2.45) is 5.41 Å². The van der Waals surface area contributed by atoms with Gasteiger partial charge in [0.15, 0.2) is 0 Å². The lowest BCUT2D eigenvalue weighted by Crippen LogP contribution is -2.42. The number of amides is 1. The normalized spacial score (nSPS) is 15.3. The molecule has 1 aromatic carbocycles. The maximum atomic E-state index is 12.2. The Morgan fingerprint density at radius 3 is 2.50 bits per heavy atom. The summed E-state index contributed by atoms with van der Waals surface area (Å²) >= 11 is 0. The number of nitrogens with zero attached hydrogens (tertiary/aromatic N) is 2. The Morgan fingerprint density at radius 2 is 1.92 bits per heavy atom. The van der Waals surface area contributed by atoms with Crippen molar-refractivity contribution in [3.05, 3.63) is 52.8 Å². The fourth-order valence-electron chi connectivity index (χ4n) is 3.53. The average molecular weight is 355 g/mol. The minimum Gasteiger partial charge on any atom is -0.481 e. The van der Waals surface area contributed by atoms with Gasteiger partial charge in [-0.1, -0.05) is 36.8 Å². The van der Waals surface area contributed by atoms with E-state index >= 15 is 0 Å². The van der Waals surface area contributed by atoms with Gasteiger partial charge in [0, 0.05) is 24.2 Å². The largest absolute Gasteiger partial charge is 0.481 e. The Kier molecular flexibility index (Phi) is 5.11. The van der Waals surface area contributed by atoms with Gasteiger partial charge in [-0.15, -0.1) is 0 Å². The van der Waals surface area contributed by atoms with Gasteiger partial charge in [-0.3, -0.25) is 14.3 Å². The summed E-state index contributed by atoms with van der Waals surface area (Å²) in [4.78, 5) is 23.7. The van der Waals surface area contributed by atoms with E-state index in [-0.39, 0.29) is 12.3 Å². The van der Waals surface area contributed by atoms with Gasteiger partial charge in [-0.25, -0.2) is 0 Å². The number of hydrogen-bond donors (Lipinski definition) is 2. The summed E-state index contributed by atoms with van der Waals surface area (Å²) in [6.07, 6.45) is 2.11. The fourth-order valence-corrected chi connectivity index (χ4v) is 3.53. The van der Waals surface area contributed by atoms with Crippen LogP contribution in [0, 0.1) is 19.3 Å². The van der Waals surface area contributed by atoms with E-state index in [0.29, 0.717) is 25.9 Å². The second-order valence-electron chi connectivity index (χ2n) is 7.19. The molecule has 1 aromatic heterocycles. The number of aromatic nitrogens is 2. The molecule has 3 rings (SSSR count). The molecule has 0 bridgehead atoms. The molecule has 0 atom stereocenters. The molecule has 0 unspecified atom stereocenters. The molecule has 1 heterocycles. The second kappa shape index (κ2) is 7.32. The Balaban J connectivity index is 1.63. The van der Waals surface area contributed by atoms with Crippen LogP contribution in [0.3, 0.4) is 0 Å². The number of rotatable bonds is 7. The van der Waals surface area contributed by atoms with Gasteiger partial charge in [0.2, 0.25) is 5.91 Å². The Morgan fingerprint density at radius 1 is 1.23 bits per heavy atom. The first kappa shape index (κ1) is 18.2. The van der Waals surface area contributed by atoms with Gasteiger partial charge in [-0.2, -0.15) is 5.10 Å². The van der Waals surface area contributed by atoms with Crippen LogP contribution in [-0.2, 0) is 22.7 Å². The minimum atomic E-state index is -0.859. The van der Waals surface area contributed by atoms with E-state index in [1.165, 1.54) is 5.56 Å². The summed E-state index contributed by atoms with van der Waals surface area (Å²) in [5.74, 6) is -1.07. The SMILES string of the molecule is Cc1nn(Cc2ccccc2)c(C)c1CNC(=O)CC1(C(=O)O)CCC1. The molecular formula is C20H25N3O3.